The van der Waals surface area contributed by atoms with E-state index in [0.717, 1.165) is 12.3 Å². The van der Waals surface area contributed by atoms with Crippen molar-refractivity contribution in [3.63, 3.8) is 0 Å². The number of hydrogen-bond acceptors (Lipinski definition) is 7. The monoisotopic (exact) mass is 406 g/mol. The number of amides is 1. The molecule has 1 saturated heterocycles. The summed E-state index contributed by atoms with van der Waals surface area (Å²) in [7, 11) is 0. The van der Waals surface area contributed by atoms with Crippen LogP contribution in [0, 0.1) is 5.21 Å². The quantitative estimate of drug-likeness (QED) is 0.561. The maximum absolute atomic E-state index is 13.0. The summed E-state index contributed by atoms with van der Waals surface area (Å²) >= 11 is 0. The molecule has 0 aliphatic carbocycles. The van der Waals surface area contributed by atoms with E-state index in [1.54, 1.807) is 32.6 Å². The zero-order valence-electron chi connectivity index (χ0n) is 16.3. The van der Waals surface area contributed by atoms with Gasteiger partial charge in [-0.15, -0.1) is 5.01 Å². The Morgan fingerprint density at radius 3 is 2.25 bits per heavy atom. The summed E-state index contributed by atoms with van der Waals surface area (Å²) in [6, 6.07) is 2.25. The van der Waals surface area contributed by atoms with Gasteiger partial charge in [0.2, 0.25) is 0 Å². The molecular weight excluding hydrogens is 381 g/mol. The molecule has 0 aromatic carbocycles. The summed E-state index contributed by atoms with van der Waals surface area (Å²) in [5.41, 5.74) is -1.68. The topological polar surface area (TPSA) is 78.0 Å². The average Bonchev–Trinajstić information content (AvgIpc) is 2.60. The number of nitrogens with zero attached hydrogens (tertiary/aromatic N) is 4. The number of ether oxygens (including phenoxy) is 1. The molecule has 8 nitrogen and oxygen atoms in total. The smallest absolute Gasteiger partial charge is 0.567 e. The maximum atomic E-state index is 13.0. The number of quaternary nitrogens is 1. The van der Waals surface area contributed by atoms with Crippen molar-refractivity contribution in [2.75, 3.05) is 37.7 Å². The molecule has 28 heavy (non-hydrogen) atoms. The first kappa shape index (κ1) is 22.3. The first-order chi connectivity index (χ1) is 12.9. The third kappa shape index (κ3) is 5.31. The molecule has 0 spiro atoms. The predicted octanol–water partition coefficient (Wildman–Crippen LogP) is 3.34. The number of rotatable bonds is 4. The van der Waals surface area contributed by atoms with Crippen LogP contribution in [-0.2, 0) is 15.8 Å². The van der Waals surface area contributed by atoms with Gasteiger partial charge in [-0.3, -0.25) is 0 Å². The molecule has 0 radical (unpaired) electrons. The minimum atomic E-state index is -4.45. The molecule has 1 aromatic rings. The van der Waals surface area contributed by atoms with Gasteiger partial charge in [-0.25, -0.2) is 4.98 Å². The van der Waals surface area contributed by atoms with Gasteiger partial charge >= 0.3 is 12.3 Å². The minimum absolute atomic E-state index is 0.00339. The van der Waals surface area contributed by atoms with E-state index in [1.807, 2.05) is 0 Å². The molecule has 0 N–H and O–H groups in total. The van der Waals surface area contributed by atoms with Crippen LogP contribution in [0.5, 0.6) is 0 Å². The molecule has 1 fully saturated rings. The Balaban J connectivity index is 2.07. The number of hydrogen-bond donors (Lipinski definition) is 0. The zero-order chi connectivity index (χ0) is 21.2. The van der Waals surface area contributed by atoms with Crippen molar-refractivity contribution >= 4 is 11.9 Å². The lowest BCUT2D eigenvalue weighted by Crippen LogP contribution is -2.65. The molecule has 2 heterocycles. The van der Waals surface area contributed by atoms with E-state index >= 15 is 0 Å². The fourth-order valence-electron chi connectivity index (χ4n) is 2.67. The van der Waals surface area contributed by atoms with Gasteiger partial charge in [0.1, 0.15) is 18.0 Å². The van der Waals surface area contributed by atoms with Crippen LogP contribution >= 0.6 is 0 Å². The van der Waals surface area contributed by atoms with Crippen molar-refractivity contribution < 1.29 is 32.5 Å². The normalized spacial score (nSPS) is 18.6. The minimum Gasteiger partial charge on any atom is -0.567 e. The highest BCUT2D eigenvalue weighted by Crippen LogP contribution is 2.30. The van der Waals surface area contributed by atoms with Crippen molar-refractivity contribution in [2.24, 2.45) is 0 Å². The first-order valence-electron chi connectivity index (χ1n) is 8.88. The Hall–Kier alpha value is -1.95. The third-order valence-corrected chi connectivity index (χ3v) is 3.96. The van der Waals surface area contributed by atoms with E-state index in [4.69, 9.17) is 9.57 Å². The van der Waals surface area contributed by atoms with Crippen LogP contribution in [-0.4, -0.2) is 59.4 Å². The number of carbonyl (C=O) groups excluding carboxylic acids is 1. The van der Waals surface area contributed by atoms with Crippen molar-refractivity contribution in [2.45, 2.75) is 39.5 Å². The predicted molar refractivity (Wildman–Crippen MR) is 94.5 cm³/mol. The summed E-state index contributed by atoms with van der Waals surface area (Å²) in [6.45, 7) is 7.41. The van der Waals surface area contributed by atoms with Gasteiger partial charge in [-0.2, -0.15) is 22.8 Å². The largest absolute Gasteiger partial charge is 0.572 e. The van der Waals surface area contributed by atoms with Gasteiger partial charge in [0, 0.05) is 19.3 Å². The summed E-state index contributed by atoms with van der Waals surface area (Å²) in [6.07, 6.45) is -4.75. The van der Waals surface area contributed by atoms with Crippen LogP contribution in [0.3, 0.4) is 0 Å². The highest BCUT2D eigenvalue weighted by atomic mass is 19.4. The Bertz CT molecular complexity index is 670. The van der Waals surface area contributed by atoms with Gasteiger partial charge in [-0.1, -0.05) is 0 Å². The summed E-state index contributed by atoms with van der Waals surface area (Å²) in [5.74, 6) is 0.366. The van der Waals surface area contributed by atoms with Crippen LogP contribution in [0.4, 0.5) is 23.8 Å². The lowest BCUT2D eigenvalue weighted by molar-refractivity contribution is -1.10. The van der Waals surface area contributed by atoms with Crippen LogP contribution in [0.25, 0.3) is 0 Å². The second kappa shape index (κ2) is 8.19. The lowest BCUT2D eigenvalue weighted by Gasteiger charge is -2.45. The SMILES string of the molecule is CCO[N+]([O-])(C(=O)OC(C)(C)C)N1CCN(c2ccc(C(F)(F)F)cn2)CC1. The molecule has 11 heteroatoms. The summed E-state index contributed by atoms with van der Waals surface area (Å²) in [5, 5.41) is 14.3. The first-order valence-corrected chi connectivity index (χ1v) is 8.88. The van der Waals surface area contributed by atoms with Gasteiger partial charge in [0.05, 0.1) is 18.7 Å². The Morgan fingerprint density at radius 2 is 1.82 bits per heavy atom. The molecule has 0 bridgehead atoms. The van der Waals surface area contributed by atoms with E-state index in [1.165, 1.54) is 11.1 Å². The Morgan fingerprint density at radius 1 is 1.21 bits per heavy atom. The average molecular weight is 406 g/mol. The molecule has 158 valence electrons. The molecule has 1 amide bonds. The summed E-state index contributed by atoms with van der Waals surface area (Å²) < 4.78 is 43.2. The number of piperazine rings is 1. The second-order valence-electron chi connectivity index (χ2n) is 7.26. The van der Waals surface area contributed by atoms with Crippen molar-refractivity contribution in [3.05, 3.63) is 29.1 Å². The Labute approximate surface area is 161 Å². The van der Waals surface area contributed by atoms with E-state index in [9.17, 15) is 23.2 Å². The second-order valence-corrected chi connectivity index (χ2v) is 7.26. The fraction of sp³-hybridized carbons (Fsp3) is 0.647. The van der Waals surface area contributed by atoms with E-state index in [0.29, 0.717) is 5.82 Å². The van der Waals surface area contributed by atoms with Gasteiger partial charge < -0.3 is 14.8 Å². The van der Waals surface area contributed by atoms with Gasteiger partial charge in [0.25, 0.3) is 0 Å². The molecule has 1 aliphatic heterocycles. The van der Waals surface area contributed by atoms with E-state index < -0.39 is 28.4 Å². The zero-order valence-corrected chi connectivity index (χ0v) is 16.3. The number of carbonyl (C=O) groups is 1. The number of halogens is 3. The highest BCUT2D eigenvalue weighted by Gasteiger charge is 2.43. The van der Waals surface area contributed by atoms with Crippen molar-refractivity contribution in [3.8, 4) is 0 Å². The Kier molecular flexibility index (Phi) is 6.54. The molecule has 2 rings (SSSR count). The van der Waals surface area contributed by atoms with Crippen molar-refractivity contribution in [1.29, 1.82) is 0 Å². The third-order valence-electron chi connectivity index (χ3n) is 3.96. The van der Waals surface area contributed by atoms with Crippen LogP contribution < -0.4 is 4.90 Å². The number of anilines is 1. The van der Waals surface area contributed by atoms with Gasteiger partial charge in [0.15, 0.2) is 0 Å². The van der Waals surface area contributed by atoms with Crippen molar-refractivity contribution in [1.82, 2.24) is 9.99 Å². The molecule has 1 unspecified atom stereocenters. The van der Waals surface area contributed by atoms with E-state index in [-0.39, 0.29) is 32.8 Å². The molecule has 0 saturated carbocycles. The van der Waals surface area contributed by atoms with E-state index in [2.05, 4.69) is 4.98 Å². The lowest BCUT2D eigenvalue weighted by atomic mass is 10.2. The van der Waals surface area contributed by atoms with Crippen LogP contribution in [0.2, 0.25) is 0 Å². The number of hydroxylamine groups is 2. The number of aromatic nitrogens is 1. The molecule has 1 atom stereocenters. The molecular formula is C17H25F3N4O4. The summed E-state index contributed by atoms with van der Waals surface area (Å²) in [4.78, 5) is 21.4. The standard InChI is InChI=1S/C17H25F3N4O4/c1-5-27-24(26,15(25)28-16(2,3)4)23-10-8-22(9-11-23)14-7-6-13(12-21-14)17(18,19)20/h6-7,12H,5,8-11H2,1-4H3. The van der Waals surface area contributed by atoms with Gasteiger partial charge in [-0.05, 0) is 44.7 Å². The molecule has 1 aliphatic rings. The number of alkyl halides is 3. The van der Waals surface area contributed by atoms with Crippen LogP contribution in [0.1, 0.15) is 33.3 Å². The fourth-order valence-corrected chi connectivity index (χ4v) is 2.67. The number of pyridine rings is 1. The highest BCUT2D eigenvalue weighted by molar-refractivity contribution is 5.59. The maximum Gasteiger partial charge on any atom is 0.572 e. The molecule has 1 aromatic heterocycles. The van der Waals surface area contributed by atoms with Crippen LogP contribution in [0.15, 0.2) is 18.3 Å².